The molecule has 0 fully saturated rings. The monoisotopic (exact) mass is 265 g/mol. The molecule has 0 spiro atoms. The molecule has 0 saturated heterocycles. The van der Waals surface area contributed by atoms with Gasteiger partial charge in [-0.2, -0.15) is 0 Å². The lowest BCUT2D eigenvalue weighted by Crippen LogP contribution is -2.11. The van der Waals surface area contributed by atoms with Crippen LogP contribution < -0.4 is 5.32 Å². The van der Waals surface area contributed by atoms with Crippen molar-refractivity contribution in [2.45, 2.75) is 13.8 Å². The number of nitrogens with zero attached hydrogens (tertiary/aromatic N) is 2. The highest BCUT2D eigenvalue weighted by Gasteiger charge is 2.07. The Kier molecular flexibility index (Phi) is 3.73. The highest BCUT2D eigenvalue weighted by molar-refractivity contribution is 7.12. The first-order valence-electron chi connectivity index (χ1n) is 5.15. The lowest BCUT2D eigenvalue weighted by atomic mass is 10.3. The van der Waals surface area contributed by atoms with Crippen LogP contribution in [0.4, 0.5) is 10.6 Å². The summed E-state index contributed by atoms with van der Waals surface area (Å²) in [4.78, 5) is 17.0. The van der Waals surface area contributed by atoms with Crippen molar-refractivity contribution in [3.05, 3.63) is 34.2 Å². The number of carbonyl (C=O) groups is 1. The summed E-state index contributed by atoms with van der Waals surface area (Å²) in [7, 11) is 0. The van der Waals surface area contributed by atoms with Crippen molar-refractivity contribution >= 4 is 29.0 Å². The van der Waals surface area contributed by atoms with E-state index in [1.54, 1.807) is 19.9 Å². The van der Waals surface area contributed by atoms with Crippen molar-refractivity contribution in [1.82, 2.24) is 5.16 Å². The molecule has 2 rings (SSSR count). The van der Waals surface area contributed by atoms with Crippen LogP contribution in [0, 0.1) is 6.92 Å². The van der Waals surface area contributed by atoms with E-state index >= 15 is 0 Å². The number of thiophene rings is 1. The van der Waals surface area contributed by atoms with Crippen molar-refractivity contribution in [2.75, 3.05) is 5.32 Å². The maximum Gasteiger partial charge on any atom is 0.439 e. The third-order valence-electron chi connectivity index (χ3n) is 2.00. The highest BCUT2D eigenvalue weighted by atomic mass is 32.1. The molecule has 0 radical (unpaired) electrons. The van der Waals surface area contributed by atoms with Gasteiger partial charge in [-0.05, 0) is 25.3 Å². The summed E-state index contributed by atoms with van der Waals surface area (Å²) in [6, 6.07) is 5.38. The molecule has 18 heavy (non-hydrogen) atoms. The second-order valence-corrected chi connectivity index (χ2v) is 4.43. The number of rotatable bonds is 3. The molecule has 1 amide bonds. The molecule has 6 nitrogen and oxygen atoms in total. The van der Waals surface area contributed by atoms with Gasteiger partial charge < -0.3 is 4.52 Å². The molecular weight excluding hydrogens is 254 g/mol. The van der Waals surface area contributed by atoms with Crippen molar-refractivity contribution in [1.29, 1.82) is 0 Å². The SMILES string of the molecule is CC(=NOC(=O)Nc1cc(C)on1)c1cccs1. The Morgan fingerprint density at radius 1 is 1.61 bits per heavy atom. The quantitative estimate of drug-likeness (QED) is 0.525. The minimum Gasteiger partial charge on any atom is -0.360 e. The smallest absolute Gasteiger partial charge is 0.360 e. The summed E-state index contributed by atoms with van der Waals surface area (Å²) in [5.74, 6) is 0.894. The fraction of sp³-hybridized carbons (Fsp3) is 0.182. The largest absolute Gasteiger partial charge is 0.439 e. The zero-order valence-electron chi connectivity index (χ0n) is 9.84. The lowest BCUT2D eigenvalue weighted by Gasteiger charge is -1.98. The predicted octanol–water partition coefficient (Wildman–Crippen LogP) is 3.02. The summed E-state index contributed by atoms with van der Waals surface area (Å²) in [6.45, 7) is 3.49. The summed E-state index contributed by atoms with van der Waals surface area (Å²) in [6.07, 6.45) is -0.709. The van der Waals surface area contributed by atoms with E-state index in [1.807, 2.05) is 17.5 Å². The normalized spacial score (nSPS) is 11.3. The van der Waals surface area contributed by atoms with Gasteiger partial charge in [0.25, 0.3) is 0 Å². The maximum atomic E-state index is 11.4. The number of carbonyl (C=O) groups excluding carboxylic acids is 1. The lowest BCUT2D eigenvalue weighted by molar-refractivity contribution is 0.166. The van der Waals surface area contributed by atoms with Crippen LogP contribution in [0.2, 0.25) is 0 Å². The molecule has 2 heterocycles. The molecule has 0 bridgehead atoms. The molecule has 1 N–H and O–H groups in total. The third-order valence-corrected chi connectivity index (χ3v) is 2.98. The van der Waals surface area contributed by atoms with Crippen molar-refractivity contribution in [3.63, 3.8) is 0 Å². The van der Waals surface area contributed by atoms with Gasteiger partial charge in [0, 0.05) is 6.07 Å². The Hall–Kier alpha value is -2.15. The number of hydrogen-bond acceptors (Lipinski definition) is 6. The van der Waals surface area contributed by atoms with Crippen LogP contribution in [0.25, 0.3) is 0 Å². The number of amides is 1. The van der Waals surface area contributed by atoms with E-state index in [4.69, 9.17) is 9.36 Å². The molecule has 0 saturated carbocycles. The number of aromatic nitrogens is 1. The van der Waals surface area contributed by atoms with Crippen LogP contribution in [0.15, 0.2) is 33.3 Å². The average Bonchev–Trinajstić information content (AvgIpc) is 2.97. The molecule has 0 unspecified atom stereocenters. The average molecular weight is 265 g/mol. The van der Waals surface area contributed by atoms with E-state index in [2.05, 4.69) is 15.6 Å². The Bertz CT molecular complexity index is 560. The Morgan fingerprint density at radius 3 is 3.06 bits per heavy atom. The molecule has 2 aromatic rings. The molecule has 0 aromatic carbocycles. The van der Waals surface area contributed by atoms with Crippen LogP contribution in [-0.2, 0) is 4.84 Å². The number of hydrogen-bond donors (Lipinski definition) is 1. The van der Waals surface area contributed by atoms with Gasteiger partial charge in [0.05, 0.1) is 10.6 Å². The topological polar surface area (TPSA) is 76.7 Å². The Morgan fingerprint density at radius 2 is 2.44 bits per heavy atom. The van der Waals surface area contributed by atoms with Crippen LogP contribution in [0.1, 0.15) is 17.6 Å². The number of anilines is 1. The van der Waals surface area contributed by atoms with Crippen LogP contribution in [-0.4, -0.2) is 17.0 Å². The third kappa shape index (κ3) is 3.17. The van der Waals surface area contributed by atoms with Gasteiger partial charge in [0.2, 0.25) is 0 Å². The van der Waals surface area contributed by atoms with E-state index < -0.39 is 6.09 Å². The van der Waals surface area contributed by atoms with E-state index in [9.17, 15) is 4.79 Å². The number of nitrogens with one attached hydrogen (secondary N) is 1. The van der Waals surface area contributed by atoms with Gasteiger partial charge >= 0.3 is 6.09 Å². The van der Waals surface area contributed by atoms with Gasteiger partial charge in [0.15, 0.2) is 5.82 Å². The molecule has 94 valence electrons. The summed E-state index contributed by atoms with van der Waals surface area (Å²) < 4.78 is 4.80. The summed E-state index contributed by atoms with van der Waals surface area (Å²) in [5, 5.41) is 11.6. The van der Waals surface area contributed by atoms with Crippen LogP contribution in [0.5, 0.6) is 0 Å². The van der Waals surface area contributed by atoms with Crippen molar-refractivity contribution < 1.29 is 14.2 Å². The number of aryl methyl sites for hydroxylation is 1. The molecule has 0 atom stereocenters. The Balaban J connectivity index is 1.90. The second kappa shape index (κ2) is 5.46. The van der Waals surface area contributed by atoms with Gasteiger partial charge in [-0.15, -0.1) is 11.3 Å². The fourth-order valence-electron chi connectivity index (χ4n) is 1.19. The summed E-state index contributed by atoms with van der Waals surface area (Å²) >= 11 is 1.52. The van der Waals surface area contributed by atoms with Crippen molar-refractivity contribution in [3.8, 4) is 0 Å². The van der Waals surface area contributed by atoms with Gasteiger partial charge in [-0.3, -0.25) is 10.2 Å². The van der Waals surface area contributed by atoms with E-state index in [0.717, 1.165) is 4.88 Å². The maximum absolute atomic E-state index is 11.4. The minimum atomic E-state index is -0.709. The molecule has 0 aliphatic heterocycles. The van der Waals surface area contributed by atoms with Gasteiger partial charge in [-0.1, -0.05) is 16.4 Å². The minimum absolute atomic E-state index is 0.293. The first-order chi connectivity index (χ1) is 8.65. The zero-order chi connectivity index (χ0) is 13.0. The first-order valence-corrected chi connectivity index (χ1v) is 6.03. The molecule has 0 aliphatic rings. The Labute approximate surface area is 107 Å². The molecule has 2 aromatic heterocycles. The number of oxime groups is 1. The van der Waals surface area contributed by atoms with E-state index in [-0.39, 0.29) is 0 Å². The fourth-order valence-corrected chi connectivity index (χ4v) is 1.86. The molecule has 7 heteroatoms. The van der Waals surface area contributed by atoms with Crippen LogP contribution >= 0.6 is 11.3 Å². The molecule has 0 aliphatic carbocycles. The van der Waals surface area contributed by atoms with E-state index in [1.165, 1.54) is 11.3 Å². The predicted molar refractivity (Wildman–Crippen MR) is 67.9 cm³/mol. The van der Waals surface area contributed by atoms with E-state index in [0.29, 0.717) is 17.3 Å². The van der Waals surface area contributed by atoms with Gasteiger partial charge in [0.1, 0.15) is 5.76 Å². The van der Waals surface area contributed by atoms with Crippen LogP contribution in [0.3, 0.4) is 0 Å². The molecular formula is C11H11N3O3S. The van der Waals surface area contributed by atoms with Gasteiger partial charge in [-0.25, -0.2) is 4.79 Å². The first kappa shape index (κ1) is 12.3. The standard InChI is InChI=1S/C11H11N3O3S/c1-7-6-10(14-16-7)12-11(15)17-13-8(2)9-4-3-5-18-9/h3-6H,1-2H3,(H,12,14,15). The zero-order valence-corrected chi connectivity index (χ0v) is 10.7. The highest BCUT2D eigenvalue weighted by Crippen LogP contribution is 2.10. The summed E-state index contributed by atoms with van der Waals surface area (Å²) in [5.41, 5.74) is 0.636. The van der Waals surface area contributed by atoms with Crippen molar-refractivity contribution in [2.24, 2.45) is 5.16 Å². The second-order valence-electron chi connectivity index (χ2n) is 3.48.